The van der Waals surface area contributed by atoms with E-state index in [1.165, 1.54) is 22.4 Å². The number of nitrogens with zero attached hydrogens (tertiary/aromatic N) is 3. The molecule has 0 spiro atoms. The lowest BCUT2D eigenvalue weighted by Crippen LogP contribution is -2.48. The molecule has 0 aromatic carbocycles. The van der Waals surface area contributed by atoms with Crippen LogP contribution in [0.3, 0.4) is 0 Å². The van der Waals surface area contributed by atoms with Crippen molar-refractivity contribution in [2.75, 3.05) is 25.7 Å². The van der Waals surface area contributed by atoms with E-state index in [4.69, 9.17) is 14.2 Å². The van der Waals surface area contributed by atoms with E-state index in [2.05, 4.69) is 36.2 Å². The number of hydrogen-bond donors (Lipinski definition) is 1. The fourth-order valence-electron chi connectivity index (χ4n) is 4.24. The number of carbonyl (C=O) groups is 1. The van der Waals surface area contributed by atoms with Crippen LogP contribution in [0.5, 0.6) is 0 Å². The van der Waals surface area contributed by atoms with Crippen LogP contribution in [0.15, 0.2) is 28.5 Å². The van der Waals surface area contributed by atoms with Gasteiger partial charge in [0.15, 0.2) is 6.29 Å². The highest BCUT2D eigenvalue weighted by atomic mass is 32.2. The van der Waals surface area contributed by atoms with Crippen molar-refractivity contribution >= 4 is 23.5 Å². The Bertz CT molecular complexity index is 861. The third-order valence-corrected chi connectivity index (χ3v) is 6.34. The van der Waals surface area contributed by atoms with Crippen molar-refractivity contribution in [2.45, 2.75) is 76.4 Å². The molecule has 2 aliphatic rings. The van der Waals surface area contributed by atoms with Crippen LogP contribution in [0.25, 0.3) is 0 Å². The Labute approximate surface area is 193 Å². The van der Waals surface area contributed by atoms with Crippen molar-refractivity contribution in [1.82, 2.24) is 14.5 Å². The lowest BCUT2D eigenvalue weighted by molar-refractivity contribution is -0.258. The molecule has 9 nitrogen and oxygen atoms in total. The standard InChI is InChI=1S/C22H34N4O5S/c1-14-16(25(3)4)6-9-21(30-14)31-17-7-8-20(29-15(17)2)26-12-10-18(24-22(26)28)23-19(27)11-13-32-5/h10-17,20-21H,6-9H2,1-5H3,(H,23,24,27,28). The molecule has 2 aliphatic heterocycles. The third-order valence-electron chi connectivity index (χ3n) is 5.94. The number of anilines is 1. The van der Waals surface area contributed by atoms with Gasteiger partial charge in [-0.05, 0) is 71.4 Å². The van der Waals surface area contributed by atoms with Gasteiger partial charge in [-0.1, -0.05) is 0 Å². The first-order valence-electron chi connectivity index (χ1n) is 11.0. The average Bonchev–Trinajstić information content (AvgIpc) is 2.73. The van der Waals surface area contributed by atoms with E-state index in [0.29, 0.717) is 12.5 Å². The lowest BCUT2D eigenvalue weighted by Gasteiger charge is -2.41. The lowest BCUT2D eigenvalue weighted by atomic mass is 10.0. The predicted octanol–water partition coefficient (Wildman–Crippen LogP) is 2.60. The summed E-state index contributed by atoms with van der Waals surface area (Å²) >= 11 is 1.41. The van der Waals surface area contributed by atoms with E-state index in [9.17, 15) is 9.59 Å². The molecular weight excluding hydrogens is 432 g/mol. The van der Waals surface area contributed by atoms with Crippen molar-refractivity contribution in [3.05, 3.63) is 34.2 Å². The molecule has 6 unspecified atom stereocenters. The highest BCUT2D eigenvalue weighted by Crippen LogP contribution is 2.31. The molecule has 178 valence electrons. The largest absolute Gasteiger partial charge is 0.352 e. The zero-order valence-electron chi connectivity index (χ0n) is 19.4. The van der Waals surface area contributed by atoms with Gasteiger partial charge < -0.3 is 24.4 Å². The maximum atomic E-state index is 12.5. The number of carbonyl (C=O) groups excluding carboxylic acids is 1. The number of aromatic nitrogens is 2. The minimum Gasteiger partial charge on any atom is -0.352 e. The first kappa shape index (κ1) is 24.9. The number of rotatable bonds is 7. The number of likely N-dealkylation sites (N-methyl/N-ethyl adjacent to an activating group) is 1. The fraction of sp³-hybridized carbons (Fsp3) is 0.682. The molecule has 3 heterocycles. The summed E-state index contributed by atoms with van der Waals surface area (Å²) in [6.07, 6.45) is 7.27. The zero-order valence-corrected chi connectivity index (χ0v) is 20.2. The Kier molecular flexibility index (Phi) is 8.89. The smallest absolute Gasteiger partial charge is 0.351 e. The molecule has 6 atom stereocenters. The molecule has 0 saturated carbocycles. The maximum Gasteiger partial charge on any atom is 0.351 e. The van der Waals surface area contributed by atoms with Gasteiger partial charge in [-0.3, -0.25) is 9.36 Å². The summed E-state index contributed by atoms with van der Waals surface area (Å²) < 4.78 is 19.9. The highest BCUT2D eigenvalue weighted by Gasteiger charge is 2.36. The molecule has 32 heavy (non-hydrogen) atoms. The average molecular weight is 467 g/mol. The van der Waals surface area contributed by atoms with Gasteiger partial charge in [-0.15, -0.1) is 11.8 Å². The second-order valence-electron chi connectivity index (χ2n) is 8.46. The second kappa shape index (κ2) is 11.4. The molecule has 2 saturated heterocycles. The van der Waals surface area contributed by atoms with Crippen LogP contribution >= 0.6 is 11.8 Å². The number of ether oxygens (including phenoxy) is 3. The summed E-state index contributed by atoms with van der Waals surface area (Å²) in [5, 5.41) is 4.24. The van der Waals surface area contributed by atoms with Crippen molar-refractivity contribution in [1.29, 1.82) is 0 Å². The molecule has 10 heteroatoms. The quantitative estimate of drug-likeness (QED) is 0.613. The minimum atomic E-state index is -0.465. The van der Waals surface area contributed by atoms with E-state index >= 15 is 0 Å². The van der Waals surface area contributed by atoms with Crippen molar-refractivity contribution in [3.63, 3.8) is 0 Å². The summed E-state index contributed by atoms with van der Waals surface area (Å²) in [5.41, 5.74) is -0.465. The number of hydrogen-bond acceptors (Lipinski definition) is 8. The van der Waals surface area contributed by atoms with Crippen LogP contribution in [0.1, 0.15) is 45.8 Å². The molecule has 2 fully saturated rings. The van der Waals surface area contributed by atoms with E-state index in [1.54, 1.807) is 17.7 Å². The van der Waals surface area contributed by atoms with Crippen molar-refractivity contribution in [3.8, 4) is 0 Å². The Balaban J connectivity index is 1.54. The minimum absolute atomic E-state index is 0.0928. The molecule has 1 amide bonds. The SMILES string of the molecule is CSC=CC(=O)Nc1ccn(C2CCC(OC3CCC(N(C)C)C(C)O3)C(C)O2)c(=O)n1. The zero-order chi connectivity index (χ0) is 23.3. The van der Waals surface area contributed by atoms with Crippen molar-refractivity contribution < 1.29 is 19.0 Å². The molecule has 3 rings (SSSR count). The first-order chi connectivity index (χ1) is 15.3. The van der Waals surface area contributed by atoms with Gasteiger partial charge in [0.2, 0.25) is 5.91 Å². The Morgan fingerprint density at radius 1 is 1.25 bits per heavy atom. The van der Waals surface area contributed by atoms with Gasteiger partial charge in [0.25, 0.3) is 0 Å². The first-order valence-corrected chi connectivity index (χ1v) is 12.3. The third kappa shape index (κ3) is 6.41. The molecule has 1 aromatic heterocycles. The van der Waals surface area contributed by atoms with E-state index in [1.807, 2.05) is 13.2 Å². The second-order valence-corrected chi connectivity index (χ2v) is 9.20. The van der Waals surface area contributed by atoms with Gasteiger partial charge in [0.05, 0.1) is 18.3 Å². The summed E-state index contributed by atoms with van der Waals surface area (Å²) in [7, 11) is 4.14. The monoisotopic (exact) mass is 466 g/mol. The van der Waals surface area contributed by atoms with Crippen LogP contribution in [0.4, 0.5) is 5.82 Å². The van der Waals surface area contributed by atoms with E-state index in [0.717, 1.165) is 19.3 Å². The van der Waals surface area contributed by atoms with Crippen LogP contribution in [0.2, 0.25) is 0 Å². The molecule has 0 aliphatic carbocycles. The van der Waals surface area contributed by atoms with Gasteiger partial charge in [-0.25, -0.2) is 4.79 Å². The summed E-state index contributed by atoms with van der Waals surface area (Å²) in [6, 6.07) is 1.99. The van der Waals surface area contributed by atoms with Gasteiger partial charge >= 0.3 is 5.69 Å². The fourth-order valence-corrected chi connectivity index (χ4v) is 4.50. The molecule has 1 N–H and O–H groups in total. The van der Waals surface area contributed by atoms with E-state index in [-0.39, 0.29) is 36.3 Å². The predicted molar refractivity (Wildman–Crippen MR) is 125 cm³/mol. The molecular formula is C22H34N4O5S. The normalized spacial score (nSPS) is 31.2. The van der Waals surface area contributed by atoms with Gasteiger partial charge in [0, 0.05) is 18.3 Å². The van der Waals surface area contributed by atoms with Crippen LogP contribution < -0.4 is 11.0 Å². The Morgan fingerprint density at radius 2 is 2.03 bits per heavy atom. The Hall–Kier alpha value is -1.72. The van der Waals surface area contributed by atoms with Crippen molar-refractivity contribution in [2.24, 2.45) is 0 Å². The number of thioether (sulfide) groups is 1. The topological polar surface area (TPSA) is 94.9 Å². The molecule has 0 radical (unpaired) electrons. The van der Waals surface area contributed by atoms with Crippen LogP contribution in [0, 0.1) is 0 Å². The number of nitrogens with one attached hydrogen (secondary N) is 1. The summed E-state index contributed by atoms with van der Waals surface area (Å²) in [4.78, 5) is 30.4. The Morgan fingerprint density at radius 3 is 2.66 bits per heavy atom. The molecule has 0 bridgehead atoms. The van der Waals surface area contributed by atoms with Crippen LogP contribution in [-0.2, 0) is 19.0 Å². The maximum absolute atomic E-state index is 12.5. The van der Waals surface area contributed by atoms with Crippen LogP contribution in [-0.4, -0.2) is 71.4 Å². The van der Waals surface area contributed by atoms with E-state index < -0.39 is 11.9 Å². The summed E-state index contributed by atoms with van der Waals surface area (Å²) in [5.74, 6) is -0.116. The number of amides is 1. The highest BCUT2D eigenvalue weighted by molar-refractivity contribution is 8.01. The van der Waals surface area contributed by atoms with Gasteiger partial charge in [0.1, 0.15) is 12.0 Å². The van der Waals surface area contributed by atoms with Gasteiger partial charge in [-0.2, -0.15) is 4.98 Å². The molecule has 1 aromatic rings. The summed E-state index contributed by atoms with van der Waals surface area (Å²) in [6.45, 7) is 4.04.